The molecule has 0 spiro atoms. The van der Waals surface area contributed by atoms with E-state index in [2.05, 4.69) is 21.2 Å². The number of nitrogens with zero attached hydrogens (tertiary/aromatic N) is 3. The van der Waals surface area contributed by atoms with Gasteiger partial charge < -0.3 is 48.0 Å². The lowest BCUT2D eigenvalue weighted by molar-refractivity contribution is -0.0724. The highest BCUT2D eigenvalue weighted by atomic mass is 16.5. The molecule has 2 bridgehead atoms. The van der Waals surface area contributed by atoms with Crippen molar-refractivity contribution in [3.63, 3.8) is 0 Å². The maximum Gasteiger partial charge on any atom is 0.287 e. The van der Waals surface area contributed by atoms with E-state index in [1.165, 1.54) is 7.11 Å². The summed E-state index contributed by atoms with van der Waals surface area (Å²) < 4.78 is 47.7. The second-order valence-corrected chi connectivity index (χ2v) is 15.2. The number of methoxy groups -OCH3 is 5. The summed E-state index contributed by atoms with van der Waals surface area (Å²) in [4.78, 5) is 18.5. The van der Waals surface area contributed by atoms with E-state index in [1.807, 2.05) is 33.0 Å². The van der Waals surface area contributed by atoms with Crippen molar-refractivity contribution < 1.29 is 47.5 Å². The molecule has 5 heterocycles. The number of nitrogens with one attached hydrogen (secondary N) is 1. The molecule has 3 aromatic carbocycles. The fraction of sp³-hybridized carbons (Fsp3) is 0.488. The highest BCUT2D eigenvalue weighted by Crippen LogP contribution is 2.59. The van der Waals surface area contributed by atoms with E-state index in [0.717, 1.165) is 40.5 Å². The van der Waals surface area contributed by atoms with Crippen LogP contribution in [0.25, 0.3) is 11.0 Å². The molecule has 8 rings (SSSR count). The van der Waals surface area contributed by atoms with Gasteiger partial charge in [0.25, 0.3) is 5.91 Å². The lowest BCUT2D eigenvalue weighted by Crippen LogP contribution is -2.68. The highest BCUT2D eigenvalue weighted by molar-refractivity contribution is 5.96. The number of carbonyl (C=O) groups excluding carboxylic acids is 1. The zero-order valence-corrected chi connectivity index (χ0v) is 33.7. The molecule has 0 aliphatic carbocycles. The lowest BCUT2D eigenvalue weighted by atomic mass is 9.71. The Morgan fingerprint density at radius 3 is 2.16 bits per heavy atom. The van der Waals surface area contributed by atoms with Crippen LogP contribution in [0.1, 0.15) is 68.9 Å². The highest BCUT2D eigenvalue weighted by Gasteiger charge is 2.57. The van der Waals surface area contributed by atoms with Crippen LogP contribution in [-0.4, -0.2) is 107 Å². The summed E-state index contributed by atoms with van der Waals surface area (Å²) >= 11 is 0. The van der Waals surface area contributed by atoms with Gasteiger partial charge in [-0.15, -0.1) is 0 Å². The first-order valence-electron chi connectivity index (χ1n) is 19.3. The molecule has 14 nitrogen and oxygen atoms in total. The van der Waals surface area contributed by atoms with Crippen molar-refractivity contribution in [2.75, 3.05) is 62.4 Å². The Morgan fingerprint density at radius 2 is 1.51 bits per heavy atom. The van der Waals surface area contributed by atoms with Gasteiger partial charge in [-0.25, -0.2) is 0 Å². The Labute approximate surface area is 332 Å². The van der Waals surface area contributed by atoms with Crippen molar-refractivity contribution in [2.24, 2.45) is 0 Å². The molecule has 1 amide bonds. The molecular formula is C43H50N4O10. The van der Waals surface area contributed by atoms with Crippen LogP contribution in [0.15, 0.2) is 28.7 Å². The van der Waals surface area contributed by atoms with Crippen molar-refractivity contribution in [1.29, 1.82) is 5.26 Å². The number of furan rings is 1. The SMILES string of the molecule is COc1c(C)c(OC)c2c(c1O)[C@H](CNC(=O)c1cc3cc(OC4CCOCC4)ccc3o1)N1[C@@H](C#N)[C@@H]3Cc4c(OC)c(C)c(OC)c(OC)c4[C@H]([C@@H]1C2)N3C. The van der Waals surface area contributed by atoms with Gasteiger partial charge in [0, 0.05) is 70.2 Å². The summed E-state index contributed by atoms with van der Waals surface area (Å²) in [6, 6.07) is 7.60. The van der Waals surface area contributed by atoms with Gasteiger partial charge in [-0.3, -0.25) is 14.6 Å². The van der Waals surface area contributed by atoms with Crippen molar-refractivity contribution in [3.8, 4) is 46.3 Å². The van der Waals surface area contributed by atoms with Gasteiger partial charge in [0.05, 0.1) is 66.9 Å². The second kappa shape index (κ2) is 15.2. The molecule has 2 fully saturated rings. The third kappa shape index (κ3) is 6.06. The zero-order valence-electron chi connectivity index (χ0n) is 33.7. The third-order valence-electron chi connectivity index (χ3n) is 12.5. The largest absolute Gasteiger partial charge is 0.504 e. The number of piperazine rings is 1. The van der Waals surface area contributed by atoms with Crippen molar-refractivity contribution >= 4 is 16.9 Å². The number of amides is 1. The van der Waals surface area contributed by atoms with E-state index in [0.29, 0.717) is 71.5 Å². The van der Waals surface area contributed by atoms with Crippen LogP contribution in [0.4, 0.5) is 0 Å². The molecule has 1 aromatic heterocycles. The summed E-state index contributed by atoms with van der Waals surface area (Å²) in [5.41, 5.74) is 5.23. The first-order chi connectivity index (χ1) is 27.6. The van der Waals surface area contributed by atoms with Gasteiger partial charge in [0.2, 0.25) is 0 Å². The van der Waals surface area contributed by atoms with E-state index in [9.17, 15) is 15.2 Å². The van der Waals surface area contributed by atoms with Crippen LogP contribution in [0.5, 0.6) is 40.2 Å². The summed E-state index contributed by atoms with van der Waals surface area (Å²) in [6.45, 7) is 5.17. The van der Waals surface area contributed by atoms with E-state index < -0.39 is 18.0 Å². The van der Waals surface area contributed by atoms with Crippen LogP contribution in [0.2, 0.25) is 0 Å². The molecule has 0 radical (unpaired) electrons. The van der Waals surface area contributed by atoms with E-state index in [4.69, 9.17) is 37.6 Å². The van der Waals surface area contributed by atoms with Gasteiger partial charge in [-0.05, 0) is 58.0 Å². The van der Waals surface area contributed by atoms with Gasteiger partial charge in [-0.2, -0.15) is 5.26 Å². The van der Waals surface area contributed by atoms with Crippen LogP contribution in [0, 0.1) is 25.2 Å². The molecule has 0 saturated carbocycles. The molecule has 4 aromatic rings. The number of phenolic OH excluding ortho intramolecular Hbond substituents is 1. The predicted molar refractivity (Wildman–Crippen MR) is 209 cm³/mol. The number of nitriles is 1. The quantitative estimate of drug-likeness (QED) is 0.206. The van der Waals surface area contributed by atoms with E-state index in [-0.39, 0.29) is 48.0 Å². The second-order valence-electron chi connectivity index (χ2n) is 15.2. The van der Waals surface area contributed by atoms with Gasteiger partial charge >= 0.3 is 0 Å². The monoisotopic (exact) mass is 782 g/mol. The first kappa shape index (κ1) is 38.5. The molecule has 2 saturated heterocycles. The van der Waals surface area contributed by atoms with Gasteiger partial charge in [0.15, 0.2) is 28.8 Å². The number of rotatable bonds is 10. The zero-order chi connectivity index (χ0) is 40.3. The minimum atomic E-state index is -0.680. The maximum atomic E-state index is 14.0. The average molecular weight is 783 g/mol. The molecule has 4 aliphatic heterocycles. The number of likely N-dealkylation sites (N-methyl/N-ethyl adjacent to an activating group) is 1. The van der Waals surface area contributed by atoms with Crippen LogP contribution >= 0.6 is 0 Å². The molecule has 2 N–H and O–H groups in total. The van der Waals surface area contributed by atoms with Crippen molar-refractivity contribution in [2.45, 2.75) is 75.8 Å². The number of aromatic hydroxyl groups is 1. The fourth-order valence-electron chi connectivity index (χ4n) is 10.1. The Kier molecular flexibility index (Phi) is 10.3. The Balaban J connectivity index is 1.22. The van der Waals surface area contributed by atoms with Gasteiger partial charge in [-0.1, -0.05) is 0 Å². The summed E-state index contributed by atoms with van der Waals surface area (Å²) in [5.74, 6) is 3.09. The molecular weight excluding hydrogens is 732 g/mol. The summed E-state index contributed by atoms with van der Waals surface area (Å²) in [5, 5.41) is 27.0. The number of ether oxygens (including phenoxy) is 7. The maximum absolute atomic E-state index is 14.0. The number of hydrogen-bond acceptors (Lipinski definition) is 13. The minimum absolute atomic E-state index is 0.0340. The smallest absolute Gasteiger partial charge is 0.287 e. The fourth-order valence-corrected chi connectivity index (χ4v) is 10.1. The number of fused-ring (bicyclic) bond motifs is 8. The normalized spacial score (nSPS) is 23.1. The average Bonchev–Trinajstić information content (AvgIpc) is 3.64. The number of carbonyl (C=O) groups is 1. The predicted octanol–water partition coefficient (Wildman–Crippen LogP) is 5.56. The first-order valence-corrected chi connectivity index (χ1v) is 19.3. The minimum Gasteiger partial charge on any atom is -0.504 e. The summed E-state index contributed by atoms with van der Waals surface area (Å²) in [7, 11) is 10.0. The summed E-state index contributed by atoms with van der Waals surface area (Å²) in [6.07, 6.45) is 2.60. The number of hydrogen-bond donors (Lipinski definition) is 2. The van der Waals surface area contributed by atoms with Crippen molar-refractivity contribution in [3.05, 3.63) is 63.4 Å². The molecule has 0 unspecified atom stereocenters. The van der Waals surface area contributed by atoms with Crippen LogP contribution in [-0.2, 0) is 17.6 Å². The third-order valence-corrected chi connectivity index (χ3v) is 12.5. The van der Waals surface area contributed by atoms with Crippen LogP contribution < -0.4 is 33.7 Å². The molecule has 4 aliphatic rings. The lowest BCUT2D eigenvalue weighted by Gasteiger charge is -2.60. The van der Waals surface area contributed by atoms with Crippen molar-refractivity contribution in [1.82, 2.24) is 15.1 Å². The molecule has 302 valence electrons. The Hall–Kier alpha value is -5.36. The molecule has 5 atom stereocenters. The number of benzene rings is 3. The molecule has 14 heteroatoms. The van der Waals surface area contributed by atoms with E-state index >= 15 is 0 Å². The topological polar surface area (TPSA) is 157 Å². The number of phenols is 1. The Morgan fingerprint density at radius 1 is 0.877 bits per heavy atom. The molecule has 57 heavy (non-hydrogen) atoms. The standard InChI is InChI=1S/C43H50N4O10/c1-21-38(50-4)26-18-29-36-35-27(39(51-5)22(2)41(53-7)42(35)54-8)17-28(46(36)3)30(19-44)47(29)31(34(26)37(48)40(21)52-6)20-45-43(49)33-16-23-15-25(9-10-32(23)57-33)56-24-11-13-55-14-12-24/h9-10,15-16,24,28-31,36,48H,11-14,17-18,20H2,1-8H3,(H,45,49)/t28-,29-,30-,31-,36-/m0/s1. The van der Waals surface area contributed by atoms with E-state index in [1.54, 1.807) is 40.6 Å². The van der Waals surface area contributed by atoms with Crippen LogP contribution in [0.3, 0.4) is 0 Å². The van der Waals surface area contributed by atoms with Gasteiger partial charge in [0.1, 0.15) is 35.0 Å². The Bertz CT molecular complexity index is 2260.